The minimum Gasteiger partial charge on any atom is -0.466 e. The highest BCUT2D eigenvalue weighted by Gasteiger charge is 2.49. The maximum Gasteiger partial charge on any atom is 0.327 e. The Hall–Kier alpha value is -1.57. The van der Waals surface area contributed by atoms with Crippen LogP contribution in [0.25, 0.3) is 0 Å². The predicted molar refractivity (Wildman–Crippen MR) is 70.0 cm³/mol. The van der Waals surface area contributed by atoms with Gasteiger partial charge in [-0.3, -0.25) is 9.59 Å². The van der Waals surface area contributed by atoms with Gasteiger partial charge in [-0.15, -0.1) is 0 Å². The molecule has 0 rings (SSSR count). The molecule has 0 aromatic carbocycles. The van der Waals surface area contributed by atoms with E-state index in [1.54, 1.807) is 20.8 Å². The molecule has 0 fully saturated rings. The Labute approximate surface area is 114 Å². The highest BCUT2D eigenvalue weighted by atomic mass is 16.5. The Morgan fingerprint density at radius 3 is 2.21 bits per heavy atom. The van der Waals surface area contributed by atoms with Crippen LogP contribution in [-0.2, 0) is 19.1 Å². The number of rotatable bonds is 8. The summed E-state index contributed by atoms with van der Waals surface area (Å²) in [5.74, 6) is -2.00. The Bertz CT molecular complexity index is 348. The lowest BCUT2D eigenvalue weighted by Crippen LogP contribution is -2.42. The molecular formula is C14H23NO4. The molecule has 0 heterocycles. The number of ether oxygens (including phenoxy) is 2. The third-order valence-corrected chi connectivity index (χ3v) is 3.14. The van der Waals surface area contributed by atoms with Crippen molar-refractivity contribution in [2.45, 2.75) is 47.0 Å². The summed E-state index contributed by atoms with van der Waals surface area (Å²) in [6.07, 6.45) is 1.81. The van der Waals surface area contributed by atoms with Crippen molar-refractivity contribution in [3.05, 3.63) is 0 Å². The lowest BCUT2D eigenvalue weighted by atomic mass is 9.73. The van der Waals surface area contributed by atoms with Crippen LogP contribution in [-0.4, -0.2) is 25.2 Å². The van der Waals surface area contributed by atoms with E-state index in [2.05, 4.69) is 0 Å². The second-order valence-corrected chi connectivity index (χ2v) is 4.38. The van der Waals surface area contributed by atoms with E-state index < -0.39 is 23.3 Å². The van der Waals surface area contributed by atoms with Gasteiger partial charge in [0.25, 0.3) is 0 Å². The van der Waals surface area contributed by atoms with Gasteiger partial charge in [-0.2, -0.15) is 5.26 Å². The van der Waals surface area contributed by atoms with E-state index in [9.17, 15) is 14.9 Å². The van der Waals surface area contributed by atoms with Crippen molar-refractivity contribution < 1.29 is 19.1 Å². The van der Waals surface area contributed by atoms with Crippen LogP contribution in [0.1, 0.15) is 47.0 Å². The fourth-order valence-electron chi connectivity index (χ4n) is 1.88. The molecule has 0 saturated carbocycles. The summed E-state index contributed by atoms with van der Waals surface area (Å²) in [5.41, 5.74) is -1.45. The second-order valence-electron chi connectivity index (χ2n) is 4.38. The second kappa shape index (κ2) is 8.52. The summed E-state index contributed by atoms with van der Waals surface area (Å²) in [6, 6.07) is 2.00. The standard InChI is InChI=1S/C14H23NO4/c1-5-8-9-14(10-15,13(17)19-7-3)11(4)12(16)18-6-2/h11H,5-9H2,1-4H3. The number of nitriles is 1. The molecule has 5 nitrogen and oxygen atoms in total. The Balaban J connectivity index is 5.28. The third-order valence-electron chi connectivity index (χ3n) is 3.14. The van der Waals surface area contributed by atoms with Gasteiger partial charge in [0.2, 0.25) is 0 Å². The molecule has 0 N–H and O–H groups in total. The number of carbonyl (C=O) groups is 2. The first-order valence-electron chi connectivity index (χ1n) is 6.75. The monoisotopic (exact) mass is 269 g/mol. The molecule has 0 amide bonds. The first kappa shape index (κ1) is 17.4. The van der Waals surface area contributed by atoms with Crippen molar-refractivity contribution in [2.75, 3.05) is 13.2 Å². The smallest absolute Gasteiger partial charge is 0.327 e. The zero-order valence-electron chi connectivity index (χ0n) is 12.2. The molecule has 0 aromatic heterocycles. The summed E-state index contributed by atoms with van der Waals surface area (Å²) in [4.78, 5) is 23.9. The number of unbranched alkanes of at least 4 members (excludes halogenated alkanes) is 1. The van der Waals surface area contributed by atoms with Gasteiger partial charge in [-0.1, -0.05) is 19.8 Å². The molecule has 0 aliphatic rings. The minimum atomic E-state index is -1.45. The highest BCUT2D eigenvalue weighted by molar-refractivity contribution is 5.87. The third kappa shape index (κ3) is 4.23. The SMILES string of the molecule is CCCCC(C#N)(C(=O)OCC)C(C)C(=O)OCC. The molecule has 19 heavy (non-hydrogen) atoms. The first-order chi connectivity index (χ1) is 8.99. The van der Waals surface area contributed by atoms with Crippen molar-refractivity contribution in [2.24, 2.45) is 11.3 Å². The van der Waals surface area contributed by atoms with Crippen molar-refractivity contribution in [3.8, 4) is 6.07 Å². The maximum absolute atomic E-state index is 12.1. The maximum atomic E-state index is 12.1. The quantitative estimate of drug-likeness (QED) is 0.632. The summed E-state index contributed by atoms with van der Waals surface area (Å²) in [7, 11) is 0. The van der Waals surface area contributed by atoms with Gasteiger partial charge >= 0.3 is 11.9 Å². The van der Waals surface area contributed by atoms with Crippen LogP contribution < -0.4 is 0 Å². The van der Waals surface area contributed by atoms with Gasteiger partial charge in [0.05, 0.1) is 25.2 Å². The van der Waals surface area contributed by atoms with Crippen LogP contribution >= 0.6 is 0 Å². The van der Waals surface area contributed by atoms with E-state index in [1.807, 2.05) is 13.0 Å². The number of carbonyl (C=O) groups excluding carboxylic acids is 2. The lowest BCUT2D eigenvalue weighted by Gasteiger charge is -2.28. The number of hydrogen-bond donors (Lipinski definition) is 0. The van der Waals surface area contributed by atoms with Crippen LogP contribution in [0.4, 0.5) is 0 Å². The van der Waals surface area contributed by atoms with E-state index in [4.69, 9.17) is 9.47 Å². The largest absolute Gasteiger partial charge is 0.466 e. The predicted octanol–water partition coefficient (Wildman–Crippen LogP) is 2.45. The van der Waals surface area contributed by atoms with E-state index in [1.165, 1.54) is 0 Å². The normalized spacial score (nSPS) is 14.9. The summed E-state index contributed by atoms with van der Waals surface area (Å²) < 4.78 is 9.90. The van der Waals surface area contributed by atoms with Gasteiger partial charge in [0, 0.05) is 0 Å². The number of hydrogen-bond acceptors (Lipinski definition) is 5. The van der Waals surface area contributed by atoms with E-state index in [-0.39, 0.29) is 13.2 Å². The highest BCUT2D eigenvalue weighted by Crippen LogP contribution is 2.35. The average Bonchev–Trinajstić information content (AvgIpc) is 2.40. The average molecular weight is 269 g/mol. The fourth-order valence-corrected chi connectivity index (χ4v) is 1.88. The van der Waals surface area contributed by atoms with Gasteiger partial charge in [0.1, 0.15) is 0 Å². The van der Waals surface area contributed by atoms with E-state index in [0.29, 0.717) is 12.8 Å². The molecule has 0 aliphatic heterocycles. The van der Waals surface area contributed by atoms with Crippen LogP contribution in [0.2, 0.25) is 0 Å². The molecule has 2 atom stereocenters. The van der Waals surface area contributed by atoms with E-state index >= 15 is 0 Å². The van der Waals surface area contributed by atoms with Crippen LogP contribution in [0.5, 0.6) is 0 Å². The molecule has 0 radical (unpaired) electrons. The first-order valence-corrected chi connectivity index (χ1v) is 6.75. The van der Waals surface area contributed by atoms with Crippen molar-refractivity contribution in [1.82, 2.24) is 0 Å². The Morgan fingerprint density at radius 2 is 1.79 bits per heavy atom. The molecule has 5 heteroatoms. The van der Waals surface area contributed by atoms with Gasteiger partial charge < -0.3 is 9.47 Å². The van der Waals surface area contributed by atoms with Crippen LogP contribution in [0, 0.1) is 22.7 Å². The Morgan fingerprint density at radius 1 is 1.21 bits per heavy atom. The fraction of sp³-hybridized carbons (Fsp3) is 0.786. The summed E-state index contributed by atoms with van der Waals surface area (Å²) in [6.45, 7) is 7.28. The van der Waals surface area contributed by atoms with Crippen molar-refractivity contribution in [1.29, 1.82) is 5.26 Å². The topological polar surface area (TPSA) is 76.4 Å². The number of nitrogens with zero attached hydrogens (tertiary/aromatic N) is 1. The van der Waals surface area contributed by atoms with Crippen LogP contribution in [0.15, 0.2) is 0 Å². The van der Waals surface area contributed by atoms with Crippen molar-refractivity contribution >= 4 is 11.9 Å². The summed E-state index contributed by atoms with van der Waals surface area (Å²) in [5, 5.41) is 9.43. The zero-order chi connectivity index (χ0) is 14.9. The van der Waals surface area contributed by atoms with Gasteiger partial charge in [0.15, 0.2) is 5.41 Å². The minimum absolute atomic E-state index is 0.184. The lowest BCUT2D eigenvalue weighted by molar-refractivity contribution is -0.165. The molecule has 0 spiro atoms. The molecule has 2 unspecified atom stereocenters. The van der Waals surface area contributed by atoms with Crippen LogP contribution in [0.3, 0.4) is 0 Å². The molecule has 0 bridgehead atoms. The molecule has 0 aliphatic carbocycles. The Kier molecular flexibility index (Phi) is 7.81. The zero-order valence-corrected chi connectivity index (χ0v) is 12.2. The van der Waals surface area contributed by atoms with Crippen molar-refractivity contribution in [3.63, 3.8) is 0 Å². The van der Waals surface area contributed by atoms with Gasteiger partial charge in [-0.25, -0.2) is 0 Å². The molecule has 0 aromatic rings. The van der Waals surface area contributed by atoms with E-state index in [0.717, 1.165) is 6.42 Å². The van der Waals surface area contributed by atoms with Gasteiger partial charge in [-0.05, 0) is 27.2 Å². The number of esters is 2. The molecule has 0 saturated heterocycles. The molecular weight excluding hydrogens is 246 g/mol. The molecule has 108 valence electrons. The summed E-state index contributed by atoms with van der Waals surface area (Å²) >= 11 is 0.